The number of aromatic nitrogens is 3. The molecule has 194 valence electrons. The normalized spacial score (nSPS) is 26.0. The van der Waals surface area contributed by atoms with Gasteiger partial charge in [-0.3, -0.25) is 4.79 Å². The molecule has 3 heterocycles. The third-order valence-corrected chi connectivity index (χ3v) is 8.10. The van der Waals surface area contributed by atoms with E-state index in [4.69, 9.17) is 0 Å². The van der Waals surface area contributed by atoms with Crippen molar-refractivity contribution in [2.24, 2.45) is 11.3 Å². The SMILES string of the molecule is CC[C@]1(C(=O)O)CCCN(c2c(C(C)C)c(C)nc3c(F)c([C@H]4CC[C@H](C(F)(F)F)CC4)nn23)C1. The molecule has 0 radical (unpaired) electrons. The zero-order valence-corrected chi connectivity index (χ0v) is 20.8. The van der Waals surface area contributed by atoms with Crippen LogP contribution in [-0.4, -0.2) is 44.9 Å². The van der Waals surface area contributed by atoms with Crippen LogP contribution in [0.15, 0.2) is 0 Å². The summed E-state index contributed by atoms with van der Waals surface area (Å²) in [6.45, 7) is 8.59. The molecule has 2 aromatic rings. The van der Waals surface area contributed by atoms with Crippen LogP contribution in [0.25, 0.3) is 5.65 Å². The standard InChI is InChI=1S/C25H34F4N4O2/c1-5-24(23(34)35)11-6-12-32(13-24)22-18(14(2)3)15(4)30-21-19(26)20(31-33(21)22)16-7-9-17(10-8-16)25(27,28)29/h14,16-17H,5-13H2,1-4H3,(H,34,35)/t16-,17-,24-/m0/s1. The smallest absolute Gasteiger partial charge is 0.391 e. The highest BCUT2D eigenvalue weighted by Crippen LogP contribution is 2.44. The van der Waals surface area contributed by atoms with Gasteiger partial charge in [0, 0.05) is 30.3 Å². The van der Waals surface area contributed by atoms with Crippen LogP contribution < -0.4 is 4.90 Å². The Bertz CT molecular complexity index is 1110. The van der Waals surface area contributed by atoms with Gasteiger partial charge in [-0.2, -0.15) is 22.8 Å². The molecule has 2 fully saturated rings. The van der Waals surface area contributed by atoms with Crippen molar-refractivity contribution >= 4 is 17.4 Å². The molecule has 10 heteroatoms. The number of anilines is 1. The summed E-state index contributed by atoms with van der Waals surface area (Å²) in [6, 6.07) is 0. The molecule has 2 aliphatic rings. The third kappa shape index (κ3) is 4.48. The first-order valence-electron chi connectivity index (χ1n) is 12.5. The van der Waals surface area contributed by atoms with Gasteiger partial charge in [-0.25, -0.2) is 9.37 Å². The summed E-state index contributed by atoms with van der Waals surface area (Å²) in [5, 5.41) is 14.6. The van der Waals surface area contributed by atoms with Crippen molar-refractivity contribution in [3.63, 3.8) is 0 Å². The lowest BCUT2D eigenvalue weighted by Crippen LogP contribution is -2.48. The molecule has 1 saturated carbocycles. The van der Waals surface area contributed by atoms with Crippen molar-refractivity contribution < 1.29 is 27.5 Å². The second-order valence-corrected chi connectivity index (χ2v) is 10.6. The highest BCUT2D eigenvalue weighted by molar-refractivity contribution is 5.76. The molecule has 0 unspecified atom stereocenters. The summed E-state index contributed by atoms with van der Waals surface area (Å²) in [5.41, 5.74) is 0.844. The van der Waals surface area contributed by atoms with Gasteiger partial charge in [0.05, 0.1) is 11.3 Å². The summed E-state index contributed by atoms with van der Waals surface area (Å²) in [7, 11) is 0. The summed E-state index contributed by atoms with van der Waals surface area (Å²) < 4.78 is 56.6. The van der Waals surface area contributed by atoms with Crippen LogP contribution in [0.3, 0.4) is 0 Å². The van der Waals surface area contributed by atoms with Gasteiger partial charge in [0.15, 0.2) is 11.5 Å². The van der Waals surface area contributed by atoms with Crippen LogP contribution in [0, 0.1) is 24.1 Å². The number of nitrogens with zero attached hydrogens (tertiary/aromatic N) is 4. The molecule has 1 N–H and O–H groups in total. The zero-order valence-electron chi connectivity index (χ0n) is 20.8. The number of carboxylic acids is 1. The van der Waals surface area contributed by atoms with Gasteiger partial charge in [-0.15, -0.1) is 0 Å². The Hall–Kier alpha value is -2.39. The number of alkyl halides is 3. The number of hydrogen-bond donors (Lipinski definition) is 1. The Balaban J connectivity index is 1.80. The fourth-order valence-corrected chi connectivity index (χ4v) is 6.01. The molecule has 0 bridgehead atoms. The lowest BCUT2D eigenvalue weighted by molar-refractivity contribution is -0.182. The second kappa shape index (κ2) is 9.24. The molecule has 2 aromatic heterocycles. The summed E-state index contributed by atoms with van der Waals surface area (Å²) >= 11 is 0. The summed E-state index contributed by atoms with van der Waals surface area (Å²) in [6.07, 6.45) is -2.15. The number of aryl methyl sites for hydroxylation is 1. The first-order valence-corrected chi connectivity index (χ1v) is 12.5. The largest absolute Gasteiger partial charge is 0.481 e. The molecule has 35 heavy (non-hydrogen) atoms. The van der Waals surface area contributed by atoms with Crippen LogP contribution in [0.4, 0.5) is 23.4 Å². The Labute approximate surface area is 202 Å². The van der Waals surface area contributed by atoms with Crippen LogP contribution in [0.2, 0.25) is 0 Å². The second-order valence-electron chi connectivity index (χ2n) is 10.6. The van der Waals surface area contributed by atoms with E-state index >= 15 is 4.39 Å². The number of aliphatic carboxylic acids is 1. The Kier molecular flexibility index (Phi) is 6.79. The molecule has 0 amide bonds. The highest BCUT2D eigenvalue weighted by atomic mass is 19.4. The number of piperidine rings is 1. The molecular weight excluding hydrogens is 464 g/mol. The maximum Gasteiger partial charge on any atom is 0.391 e. The van der Waals surface area contributed by atoms with Crippen molar-refractivity contribution in [3.05, 3.63) is 22.8 Å². The van der Waals surface area contributed by atoms with Gasteiger partial charge < -0.3 is 10.0 Å². The van der Waals surface area contributed by atoms with Gasteiger partial charge in [-0.1, -0.05) is 20.8 Å². The lowest BCUT2D eigenvalue weighted by atomic mass is 9.77. The van der Waals surface area contributed by atoms with Crippen molar-refractivity contribution in [1.82, 2.24) is 14.6 Å². The zero-order chi connectivity index (χ0) is 25.7. The molecular formula is C25H34F4N4O2. The quantitative estimate of drug-likeness (QED) is 0.496. The first kappa shape index (κ1) is 25.7. The van der Waals surface area contributed by atoms with E-state index in [9.17, 15) is 23.1 Å². The molecule has 6 nitrogen and oxygen atoms in total. The summed E-state index contributed by atoms with van der Waals surface area (Å²) in [5.74, 6) is -2.50. The minimum atomic E-state index is -4.23. The number of rotatable bonds is 5. The fourth-order valence-electron chi connectivity index (χ4n) is 6.01. The Morgan fingerprint density at radius 1 is 1.23 bits per heavy atom. The molecule has 1 aliphatic carbocycles. The lowest BCUT2D eigenvalue weighted by Gasteiger charge is -2.41. The minimum absolute atomic E-state index is 0.0302. The number of halogens is 4. The van der Waals surface area contributed by atoms with E-state index in [-0.39, 0.29) is 49.5 Å². The van der Waals surface area contributed by atoms with Crippen LogP contribution in [-0.2, 0) is 4.79 Å². The van der Waals surface area contributed by atoms with Crippen LogP contribution in [0.1, 0.15) is 94.5 Å². The molecule has 1 saturated heterocycles. The predicted octanol–water partition coefficient (Wildman–Crippen LogP) is 6.22. The van der Waals surface area contributed by atoms with Crippen molar-refractivity contribution in [2.75, 3.05) is 18.0 Å². The highest BCUT2D eigenvalue weighted by Gasteiger charge is 2.44. The average molecular weight is 499 g/mol. The van der Waals surface area contributed by atoms with E-state index in [1.54, 1.807) is 0 Å². The number of fused-ring (bicyclic) bond motifs is 1. The Morgan fingerprint density at radius 2 is 1.89 bits per heavy atom. The number of carboxylic acid groups (broad SMARTS) is 1. The predicted molar refractivity (Wildman–Crippen MR) is 124 cm³/mol. The van der Waals surface area contributed by atoms with E-state index in [1.807, 2.05) is 32.6 Å². The van der Waals surface area contributed by atoms with Gasteiger partial charge in [0.25, 0.3) is 0 Å². The molecule has 1 aliphatic heterocycles. The third-order valence-electron chi connectivity index (χ3n) is 8.10. The molecule has 4 rings (SSSR count). The topological polar surface area (TPSA) is 70.7 Å². The maximum atomic E-state index is 15.7. The monoisotopic (exact) mass is 498 g/mol. The number of carbonyl (C=O) groups is 1. The van der Waals surface area contributed by atoms with Gasteiger partial charge in [0.1, 0.15) is 11.5 Å². The van der Waals surface area contributed by atoms with Gasteiger partial charge in [-0.05, 0) is 57.8 Å². The maximum absolute atomic E-state index is 15.7. The van der Waals surface area contributed by atoms with E-state index in [1.165, 1.54) is 4.52 Å². The van der Waals surface area contributed by atoms with Crippen LogP contribution in [0.5, 0.6) is 0 Å². The first-order chi connectivity index (χ1) is 16.4. The molecule has 0 spiro atoms. The van der Waals surface area contributed by atoms with Crippen molar-refractivity contribution in [1.29, 1.82) is 0 Å². The van der Waals surface area contributed by atoms with E-state index in [2.05, 4.69) is 10.1 Å². The summed E-state index contributed by atoms with van der Waals surface area (Å²) in [4.78, 5) is 18.7. The van der Waals surface area contributed by atoms with Crippen LogP contribution >= 0.6 is 0 Å². The Morgan fingerprint density at radius 3 is 2.43 bits per heavy atom. The average Bonchev–Trinajstić information content (AvgIpc) is 3.13. The van der Waals surface area contributed by atoms with Gasteiger partial charge >= 0.3 is 12.1 Å². The molecule has 1 atom stereocenters. The molecule has 0 aromatic carbocycles. The van der Waals surface area contributed by atoms with Crippen molar-refractivity contribution in [2.45, 2.75) is 90.7 Å². The number of hydrogen-bond acceptors (Lipinski definition) is 4. The van der Waals surface area contributed by atoms with E-state index in [0.717, 1.165) is 5.56 Å². The van der Waals surface area contributed by atoms with Gasteiger partial charge in [0.2, 0.25) is 0 Å². The minimum Gasteiger partial charge on any atom is -0.481 e. The van der Waals surface area contributed by atoms with Crippen molar-refractivity contribution in [3.8, 4) is 0 Å². The fraction of sp³-hybridized carbons (Fsp3) is 0.720. The van der Waals surface area contributed by atoms with E-state index in [0.29, 0.717) is 37.3 Å². The van der Waals surface area contributed by atoms with E-state index < -0.39 is 35.2 Å².